The van der Waals surface area contributed by atoms with Crippen LogP contribution in [0.3, 0.4) is 0 Å². The Morgan fingerprint density at radius 1 is 1.03 bits per heavy atom. The summed E-state index contributed by atoms with van der Waals surface area (Å²) in [6.45, 7) is 1.68. The summed E-state index contributed by atoms with van der Waals surface area (Å²) >= 11 is 12.4. The summed E-state index contributed by atoms with van der Waals surface area (Å²) in [4.78, 5) is 25.6. The van der Waals surface area contributed by atoms with Crippen LogP contribution in [0.5, 0.6) is 5.75 Å². The van der Waals surface area contributed by atoms with E-state index in [0.29, 0.717) is 32.3 Å². The summed E-state index contributed by atoms with van der Waals surface area (Å²) in [7, 11) is 0. The third kappa shape index (κ3) is 4.64. The van der Waals surface area contributed by atoms with E-state index in [2.05, 4.69) is 12.2 Å². The van der Waals surface area contributed by atoms with Gasteiger partial charge in [-0.25, -0.2) is 0 Å². The molecule has 0 saturated carbocycles. The SMILES string of the molecule is CCc1ccc(NC(=O)COc2c(-c3ccc(Cl)cc3Cl)oc3ccccc3c2=O)cc1. The van der Waals surface area contributed by atoms with Crippen molar-refractivity contribution in [2.24, 2.45) is 0 Å². The van der Waals surface area contributed by atoms with Crippen molar-refractivity contribution < 1.29 is 13.9 Å². The first kappa shape index (κ1) is 21.9. The molecule has 0 saturated heterocycles. The molecule has 3 aromatic carbocycles. The van der Waals surface area contributed by atoms with Gasteiger partial charge in [0, 0.05) is 16.3 Å². The number of nitrogens with one attached hydrogen (secondary N) is 1. The predicted molar refractivity (Wildman–Crippen MR) is 128 cm³/mol. The normalized spacial score (nSPS) is 10.8. The lowest BCUT2D eigenvalue weighted by Gasteiger charge is -2.13. The topological polar surface area (TPSA) is 68.5 Å². The average Bonchev–Trinajstić information content (AvgIpc) is 2.79. The fourth-order valence-corrected chi connectivity index (χ4v) is 3.76. The van der Waals surface area contributed by atoms with Crippen molar-refractivity contribution in [2.45, 2.75) is 13.3 Å². The zero-order chi connectivity index (χ0) is 22.7. The van der Waals surface area contributed by atoms with E-state index in [1.54, 1.807) is 42.5 Å². The van der Waals surface area contributed by atoms with Crippen LogP contribution in [-0.2, 0) is 11.2 Å². The molecular formula is C25H19Cl2NO4. The Labute approximate surface area is 194 Å². The summed E-state index contributed by atoms with van der Waals surface area (Å²) in [5.41, 5.74) is 2.23. The molecule has 0 aliphatic carbocycles. The van der Waals surface area contributed by atoms with Gasteiger partial charge in [0.1, 0.15) is 5.58 Å². The maximum atomic E-state index is 13.2. The second-order valence-corrected chi connectivity index (χ2v) is 7.94. The summed E-state index contributed by atoms with van der Waals surface area (Å²) in [6.07, 6.45) is 0.908. The van der Waals surface area contributed by atoms with E-state index in [9.17, 15) is 9.59 Å². The minimum atomic E-state index is -0.407. The number of aryl methyl sites for hydroxylation is 1. The van der Waals surface area contributed by atoms with Crippen LogP contribution in [0.1, 0.15) is 12.5 Å². The highest BCUT2D eigenvalue weighted by atomic mass is 35.5. The Bertz CT molecular complexity index is 1350. The van der Waals surface area contributed by atoms with Gasteiger partial charge in [0.25, 0.3) is 5.91 Å². The van der Waals surface area contributed by atoms with Crippen LogP contribution >= 0.6 is 23.2 Å². The molecule has 1 N–H and O–H groups in total. The molecule has 1 heterocycles. The van der Waals surface area contributed by atoms with Gasteiger partial charge in [-0.15, -0.1) is 0 Å². The van der Waals surface area contributed by atoms with Gasteiger partial charge in [0.15, 0.2) is 12.4 Å². The number of fused-ring (bicyclic) bond motifs is 1. The highest BCUT2D eigenvalue weighted by Gasteiger charge is 2.20. The Hall–Kier alpha value is -3.28. The summed E-state index contributed by atoms with van der Waals surface area (Å²) in [6, 6.07) is 19.1. The third-order valence-electron chi connectivity index (χ3n) is 4.93. The Morgan fingerprint density at radius 2 is 1.78 bits per heavy atom. The van der Waals surface area contributed by atoms with Crippen molar-refractivity contribution in [3.05, 3.63) is 92.6 Å². The lowest BCUT2D eigenvalue weighted by Crippen LogP contribution is -2.22. The zero-order valence-electron chi connectivity index (χ0n) is 17.2. The van der Waals surface area contributed by atoms with Gasteiger partial charge in [0.05, 0.1) is 10.4 Å². The fraction of sp³-hybridized carbons (Fsp3) is 0.120. The number of amides is 1. The van der Waals surface area contributed by atoms with Crippen LogP contribution in [0.15, 0.2) is 75.9 Å². The second-order valence-electron chi connectivity index (χ2n) is 7.10. The van der Waals surface area contributed by atoms with Gasteiger partial charge >= 0.3 is 0 Å². The number of halogens is 2. The van der Waals surface area contributed by atoms with Crippen LogP contribution < -0.4 is 15.5 Å². The molecule has 0 fully saturated rings. The first-order valence-electron chi connectivity index (χ1n) is 9.99. The molecule has 5 nitrogen and oxygen atoms in total. The number of para-hydroxylation sites is 1. The smallest absolute Gasteiger partial charge is 0.262 e. The molecule has 4 aromatic rings. The van der Waals surface area contributed by atoms with Gasteiger partial charge in [0.2, 0.25) is 11.2 Å². The second kappa shape index (κ2) is 9.47. The van der Waals surface area contributed by atoms with Crippen LogP contribution in [-0.4, -0.2) is 12.5 Å². The maximum absolute atomic E-state index is 13.2. The van der Waals surface area contributed by atoms with Crippen molar-refractivity contribution in [3.63, 3.8) is 0 Å². The number of hydrogen-bond acceptors (Lipinski definition) is 4. The van der Waals surface area contributed by atoms with Crippen molar-refractivity contribution >= 4 is 45.8 Å². The predicted octanol–water partition coefficient (Wildman–Crippen LogP) is 6.35. The van der Waals surface area contributed by atoms with Crippen molar-refractivity contribution in [2.75, 3.05) is 11.9 Å². The van der Waals surface area contributed by atoms with Crippen molar-refractivity contribution in [1.29, 1.82) is 0 Å². The van der Waals surface area contributed by atoms with Crippen molar-refractivity contribution in [1.82, 2.24) is 0 Å². The minimum Gasteiger partial charge on any atom is -0.476 e. The van der Waals surface area contributed by atoms with Gasteiger partial charge in [-0.1, -0.05) is 54.4 Å². The van der Waals surface area contributed by atoms with Gasteiger partial charge in [-0.05, 0) is 54.4 Å². The van der Waals surface area contributed by atoms with E-state index >= 15 is 0 Å². The molecule has 0 unspecified atom stereocenters. The van der Waals surface area contributed by atoms with E-state index in [1.807, 2.05) is 24.3 Å². The molecule has 7 heteroatoms. The van der Waals surface area contributed by atoms with Gasteiger partial charge < -0.3 is 14.5 Å². The summed E-state index contributed by atoms with van der Waals surface area (Å²) in [5, 5.41) is 3.83. The van der Waals surface area contributed by atoms with Crippen molar-refractivity contribution in [3.8, 4) is 17.1 Å². The number of benzene rings is 3. The standard InChI is InChI=1S/C25H19Cl2NO4/c1-2-15-7-10-17(11-8-15)28-22(29)14-31-25-23(30)19-5-3-4-6-21(19)32-24(25)18-12-9-16(26)13-20(18)27/h3-13H,2,14H2,1H3,(H,28,29). The number of anilines is 1. The lowest BCUT2D eigenvalue weighted by molar-refractivity contribution is -0.118. The molecule has 1 aromatic heterocycles. The third-order valence-corrected chi connectivity index (χ3v) is 5.47. The molecule has 1 amide bonds. The highest BCUT2D eigenvalue weighted by Crippen LogP contribution is 2.36. The molecule has 0 atom stereocenters. The molecule has 0 spiro atoms. The number of ether oxygens (including phenoxy) is 1. The van der Waals surface area contributed by atoms with Gasteiger partial charge in [-0.3, -0.25) is 9.59 Å². The largest absolute Gasteiger partial charge is 0.476 e. The quantitative estimate of drug-likeness (QED) is 0.358. The molecule has 32 heavy (non-hydrogen) atoms. The number of rotatable bonds is 6. The van der Waals surface area contributed by atoms with Gasteiger partial charge in [-0.2, -0.15) is 0 Å². The van der Waals surface area contributed by atoms with Crippen LogP contribution in [0, 0.1) is 0 Å². The Kier molecular flexibility index (Phi) is 6.49. The van der Waals surface area contributed by atoms with E-state index in [1.165, 1.54) is 0 Å². The fourth-order valence-electron chi connectivity index (χ4n) is 3.27. The van der Waals surface area contributed by atoms with E-state index in [-0.39, 0.29) is 18.1 Å². The number of carbonyl (C=O) groups is 1. The molecule has 4 rings (SSSR count). The number of hydrogen-bond donors (Lipinski definition) is 1. The highest BCUT2D eigenvalue weighted by molar-refractivity contribution is 6.36. The molecule has 162 valence electrons. The molecule has 0 aliphatic heterocycles. The molecule has 0 bridgehead atoms. The van der Waals surface area contributed by atoms with Crippen LogP contribution in [0.4, 0.5) is 5.69 Å². The lowest BCUT2D eigenvalue weighted by atomic mass is 10.1. The Balaban J connectivity index is 1.66. The first-order valence-corrected chi connectivity index (χ1v) is 10.7. The Morgan fingerprint density at radius 3 is 2.50 bits per heavy atom. The van der Waals surface area contributed by atoms with Crippen LogP contribution in [0.25, 0.3) is 22.3 Å². The van der Waals surface area contributed by atoms with E-state index in [4.69, 9.17) is 32.4 Å². The molecule has 0 radical (unpaired) electrons. The summed E-state index contributed by atoms with van der Waals surface area (Å²) < 4.78 is 11.7. The molecule has 0 aliphatic rings. The monoisotopic (exact) mass is 467 g/mol. The maximum Gasteiger partial charge on any atom is 0.262 e. The average molecular weight is 468 g/mol. The summed E-state index contributed by atoms with van der Waals surface area (Å²) in [5.74, 6) is -0.366. The minimum absolute atomic E-state index is 0.0931. The van der Waals surface area contributed by atoms with E-state index < -0.39 is 11.3 Å². The number of carbonyl (C=O) groups excluding carboxylic acids is 1. The van der Waals surface area contributed by atoms with E-state index in [0.717, 1.165) is 12.0 Å². The zero-order valence-corrected chi connectivity index (χ0v) is 18.7. The molecular weight excluding hydrogens is 449 g/mol. The van der Waals surface area contributed by atoms with Crippen LogP contribution in [0.2, 0.25) is 10.0 Å². The first-order chi connectivity index (χ1) is 15.5.